The summed E-state index contributed by atoms with van der Waals surface area (Å²) in [4.78, 5) is 22.4. The van der Waals surface area contributed by atoms with Crippen LogP contribution in [0.5, 0.6) is 0 Å². The van der Waals surface area contributed by atoms with E-state index in [-0.39, 0.29) is 18.2 Å². The van der Waals surface area contributed by atoms with Crippen LogP contribution in [0.3, 0.4) is 0 Å². The number of carboxylic acids is 1. The van der Waals surface area contributed by atoms with Crippen LogP contribution in [0.15, 0.2) is 12.2 Å². The minimum atomic E-state index is -4.47. The van der Waals surface area contributed by atoms with E-state index in [4.69, 9.17) is 5.11 Å². The first-order valence-electron chi connectivity index (χ1n) is 7.02. The van der Waals surface area contributed by atoms with Gasteiger partial charge in [0, 0.05) is 12.5 Å². The second-order valence-corrected chi connectivity index (χ2v) is 5.28. The molecule has 2 N–H and O–H groups in total. The summed E-state index contributed by atoms with van der Waals surface area (Å²) in [6.07, 6.45) is 0.351. The predicted molar refractivity (Wildman–Crippen MR) is 70.5 cm³/mol. The zero-order valence-electron chi connectivity index (χ0n) is 11.7. The third kappa shape index (κ3) is 7.15. The van der Waals surface area contributed by atoms with Crippen molar-refractivity contribution in [3.8, 4) is 0 Å². The largest absolute Gasteiger partial charge is 0.481 e. The minimum absolute atomic E-state index is 0.0320. The first-order valence-corrected chi connectivity index (χ1v) is 7.02. The van der Waals surface area contributed by atoms with Crippen LogP contribution in [0.4, 0.5) is 13.2 Å². The van der Waals surface area contributed by atoms with E-state index in [1.807, 2.05) is 12.2 Å². The molecule has 120 valence electrons. The number of carbonyl (C=O) groups excluding carboxylic acids is 1. The lowest BCUT2D eigenvalue weighted by atomic mass is 9.98. The van der Waals surface area contributed by atoms with Gasteiger partial charge in [0.25, 0.3) is 0 Å². The fourth-order valence-electron chi connectivity index (χ4n) is 2.30. The molecule has 0 fully saturated rings. The molecule has 0 saturated heterocycles. The van der Waals surface area contributed by atoms with Gasteiger partial charge in [-0.2, -0.15) is 13.2 Å². The Hall–Kier alpha value is -1.53. The highest BCUT2D eigenvalue weighted by atomic mass is 19.4. The van der Waals surface area contributed by atoms with E-state index in [0.29, 0.717) is 19.4 Å². The quantitative estimate of drug-likeness (QED) is 0.535. The summed E-state index contributed by atoms with van der Waals surface area (Å²) < 4.78 is 36.6. The molecule has 1 aliphatic carbocycles. The number of carbonyl (C=O) groups is 2. The maximum Gasteiger partial charge on any atom is 0.389 e. The molecule has 0 aromatic carbocycles. The Bertz CT molecular complexity index is 385. The van der Waals surface area contributed by atoms with Gasteiger partial charge in [-0.1, -0.05) is 18.6 Å². The Morgan fingerprint density at radius 2 is 1.86 bits per heavy atom. The van der Waals surface area contributed by atoms with Gasteiger partial charge in [0.2, 0.25) is 5.91 Å². The SMILES string of the molecule is O=C(O)C(CCCCNC(=O)C1CC=CC1)CC(F)(F)F. The molecule has 7 heteroatoms. The molecule has 0 heterocycles. The summed E-state index contributed by atoms with van der Waals surface area (Å²) in [5.41, 5.74) is 0. The second kappa shape index (κ2) is 8.05. The monoisotopic (exact) mass is 307 g/mol. The third-order valence-corrected chi connectivity index (χ3v) is 3.48. The molecule has 1 aliphatic rings. The van der Waals surface area contributed by atoms with Gasteiger partial charge in [0.15, 0.2) is 0 Å². The lowest BCUT2D eigenvalue weighted by Gasteiger charge is -2.15. The molecule has 0 aliphatic heterocycles. The van der Waals surface area contributed by atoms with Crippen molar-refractivity contribution in [2.24, 2.45) is 11.8 Å². The van der Waals surface area contributed by atoms with Crippen molar-refractivity contribution in [3.05, 3.63) is 12.2 Å². The Morgan fingerprint density at radius 3 is 2.38 bits per heavy atom. The number of aliphatic carboxylic acids is 1. The van der Waals surface area contributed by atoms with Crippen LogP contribution in [-0.2, 0) is 9.59 Å². The summed E-state index contributed by atoms with van der Waals surface area (Å²) in [7, 11) is 0. The lowest BCUT2D eigenvalue weighted by molar-refractivity contribution is -0.164. The average Bonchev–Trinajstić information content (AvgIpc) is 2.89. The molecule has 1 unspecified atom stereocenters. The van der Waals surface area contributed by atoms with Crippen molar-refractivity contribution < 1.29 is 27.9 Å². The number of amides is 1. The molecule has 21 heavy (non-hydrogen) atoms. The van der Waals surface area contributed by atoms with E-state index in [1.54, 1.807) is 0 Å². The highest BCUT2D eigenvalue weighted by molar-refractivity contribution is 5.79. The van der Waals surface area contributed by atoms with Crippen molar-refractivity contribution in [1.82, 2.24) is 5.32 Å². The smallest absolute Gasteiger partial charge is 0.389 e. The van der Waals surface area contributed by atoms with Crippen molar-refractivity contribution >= 4 is 11.9 Å². The van der Waals surface area contributed by atoms with E-state index in [0.717, 1.165) is 12.8 Å². The summed E-state index contributed by atoms with van der Waals surface area (Å²) in [5, 5.41) is 11.5. The number of halogens is 3. The molecule has 0 aromatic heterocycles. The van der Waals surface area contributed by atoms with E-state index in [9.17, 15) is 22.8 Å². The number of hydrogen-bond acceptors (Lipinski definition) is 2. The number of carboxylic acid groups (broad SMARTS) is 1. The molecule has 0 bridgehead atoms. The first kappa shape index (κ1) is 17.5. The second-order valence-electron chi connectivity index (χ2n) is 5.28. The van der Waals surface area contributed by atoms with Crippen LogP contribution < -0.4 is 5.32 Å². The van der Waals surface area contributed by atoms with E-state index in [2.05, 4.69) is 5.32 Å². The Morgan fingerprint density at radius 1 is 1.24 bits per heavy atom. The Kier molecular flexibility index (Phi) is 6.71. The maximum atomic E-state index is 12.2. The van der Waals surface area contributed by atoms with E-state index >= 15 is 0 Å². The van der Waals surface area contributed by atoms with Crippen molar-refractivity contribution in [2.75, 3.05) is 6.54 Å². The van der Waals surface area contributed by atoms with Gasteiger partial charge in [-0.25, -0.2) is 0 Å². The van der Waals surface area contributed by atoms with Crippen molar-refractivity contribution in [2.45, 2.75) is 44.7 Å². The maximum absolute atomic E-state index is 12.2. The highest BCUT2D eigenvalue weighted by Gasteiger charge is 2.34. The van der Waals surface area contributed by atoms with Crippen molar-refractivity contribution in [3.63, 3.8) is 0 Å². The van der Waals surface area contributed by atoms with Gasteiger partial charge >= 0.3 is 12.1 Å². The normalized spacial score (nSPS) is 16.9. The number of allylic oxidation sites excluding steroid dienone is 2. The number of rotatable bonds is 8. The van der Waals surface area contributed by atoms with Gasteiger partial charge in [-0.15, -0.1) is 0 Å². The molecule has 0 radical (unpaired) electrons. The van der Waals surface area contributed by atoms with Crippen molar-refractivity contribution in [1.29, 1.82) is 0 Å². The molecule has 0 saturated carbocycles. The summed E-state index contributed by atoms with van der Waals surface area (Å²) in [6.45, 7) is 0.369. The predicted octanol–water partition coefficient (Wildman–Crippen LogP) is 2.89. The third-order valence-electron chi connectivity index (χ3n) is 3.48. The molecule has 1 amide bonds. The number of alkyl halides is 3. The summed E-state index contributed by atoms with van der Waals surface area (Å²) in [5.74, 6) is -2.92. The number of nitrogens with one attached hydrogen (secondary N) is 1. The molecule has 4 nitrogen and oxygen atoms in total. The van der Waals surface area contributed by atoms with Gasteiger partial charge in [-0.05, 0) is 25.7 Å². The van der Waals surface area contributed by atoms with Crippen LogP contribution in [0.2, 0.25) is 0 Å². The first-order chi connectivity index (χ1) is 9.79. The highest BCUT2D eigenvalue weighted by Crippen LogP contribution is 2.27. The fraction of sp³-hybridized carbons (Fsp3) is 0.714. The zero-order valence-corrected chi connectivity index (χ0v) is 11.7. The molecular weight excluding hydrogens is 287 g/mol. The molecule has 1 rings (SSSR count). The molecule has 1 atom stereocenters. The topological polar surface area (TPSA) is 66.4 Å². The number of unbranched alkanes of at least 4 members (excludes halogenated alkanes) is 1. The van der Waals surface area contributed by atoms with Gasteiger partial charge in [0.05, 0.1) is 12.3 Å². The minimum Gasteiger partial charge on any atom is -0.481 e. The number of hydrogen-bond donors (Lipinski definition) is 2. The van der Waals surface area contributed by atoms with Crippen LogP contribution >= 0.6 is 0 Å². The van der Waals surface area contributed by atoms with Crippen LogP contribution in [0.1, 0.15) is 38.5 Å². The van der Waals surface area contributed by atoms with Gasteiger partial charge < -0.3 is 10.4 Å². The van der Waals surface area contributed by atoms with Crippen LogP contribution in [0.25, 0.3) is 0 Å². The molecule has 0 aromatic rings. The van der Waals surface area contributed by atoms with Crippen LogP contribution in [0, 0.1) is 11.8 Å². The van der Waals surface area contributed by atoms with Crippen LogP contribution in [-0.4, -0.2) is 29.7 Å². The van der Waals surface area contributed by atoms with E-state index in [1.165, 1.54) is 0 Å². The summed E-state index contributed by atoms with van der Waals surface area (Å²) >= 11 is 0. The fourth-order valence-corrected chi connectivity index (χ4v) is 2.30. The average molecular weight is 307 g/mol. The lowest BCUT2D eigenvalue weighted by Crippen LogP contribution is -2.30. The van der Waals surface area contributed by atoms with E-state index < -0.39 is 24.5 Å². The Balaban J connectivity index is 2.16. The van der Waals surface area contributed by atoms with Gasteiger partial charge in [0.1, 0.15) is 0 Å². The zero-order chi connectivity index (χ0) is 15.9. The Labute approximate surface area is 121 Å². The molecule has 0 spiro atoms. The summed E-state index contributed by atoms with van der Waals surface area (Å²) in [6, 6.07) is 0. The van der Waals surface area contributed by atoms with Gasteiger partial charge in [-0.3, -0.25) is 9.59 Å². The standard InChI is InChI=1S/C14H20F3NO3/c15-14(16,17)9-11(13(20)21)7-3-4-8-18-12(19)10-5-1-2-6-10/h1-2,10-11H,3-9H2,(H,18,19)(H,20,21). The molecular formula is C14H20F3NO3.